The van der Waals surface area contributed by atoms with Gasteiger partial charge in [0.25, 0.3) is 0 Å². The number of hydrogen-bond donors (Lipinski definition) is 1. The van der Waals surface area contributed by atoms with E-state index in [-0.39, 0.29) is 6.61 Å². The number of pyridine rings is 1. The molecule has 2 aromatic carbocycles. The molecular weight excluding hydrogens is 452 g/mol. The van der Waals surface area contributed by atoms with Crippen molar-refractivity contribution in [2.24, 2.45) is 0 Å². The van der Waals surface area contributed by atoms with Crippen LogP contribution in [0, 0.1) is 0 Å². The summed E-state index contributed by atoms with van der Waals surface area (Å²) in [5, 5.41) is 11.4. The molecule has 3 aromatic rings. The topological polar surface area (TPSA) is 36.6 Å². The lowest BCUT2D eigenvalue weighted by molar-refractivity contribution is -0.679. The van der Waals surface area contributed by atoms with Crippen LogP contribution in [-0.2, 0) is 17.7 Å². The van der Waals surface area contributed by atoms with Gasteiger partial charge in [0.1, 0.15) is 6.54 Å². The van der Waals surface area contributed by atoms with Crippen LogP contribution >= 0.6 is 11.8 Å². The van der Waals surface area contributed by atoms with E-state index in [0.29, 0.717) is 6.61 Å². The average Bonchev–Trinajstić information content (AvgIpc) is 3.20. The van der Waals surface area contributed by atoms with Gasteiger partial charge in [0, 0.05) is 43.5 Å². The lowest BCUT2D eigenvalue weighted by Crippen LogP contribution is -2.39. The van der Waals surface area contributed by atoms with Crippen LogP contribution in [0.4, 0.5) is 5.69 Å². The number of rotatable bonds is 13. The molecule has 0 atom stereocenters. The van der Waals surface area contributed by atoms with Crippen molar-refractivity contribution in [3.8, 4) is 0 Å². The minimum absolute atomic E-state index is 0.110. The Kier molecular flexibility index (Phi) is 9.64. The van der Waals surface area contributed by atoms with Gasteiger partial charge in [-0.1, -0.05) is 55.8 Å². The van der Waals surface area contributed by atoms with Crippen molar-refractivity contribution in [1.29, 1.82) is 0 Å². The van der Waals surface area contributed by atoms with Gasteiger partial charge in [-0.05, 0) is 49.1 Å². The summed E-state index contributed by atoms with van der Waals surface area (Å²) in [5.74, 6) is 0. The zero-order chi connectivity index (χ0) is 24.5. The number of para-hydroxylation sites is 2. The van der Waals surface area contributed by atoms with E-state index in [1.54, 1.807) is 0 Å². The smallest absolute Gasteiger partial charge is 0.213 e. The van der Waals surface area contributed by atoms with Crippen molar-refractivity contribution in [2.45, 2.75) is 63.3 Å². The zero-order valence-corrected chi connectivity index (χ0v) is 22.0. The van der Waals surface area contributed by atoms with Gasteiger partial charge in [-0.3, -0.25) is 0 Å². The van der Waals surface area contributed by atoms with E-state index in [0.717, 1.165) is 26.0 Å². The van der Waals surface area contributed by atoms with E-state index < -0.39 is 0 Å². The van der Waals surface area contributed by atoms with Crippen molar-refractivity contribution in [3.63, 3.8) is 0 Å². The van der Waals surface area contributed by atoms with Gasteiger partial charge in [-0.2, -0.15) is 4.57 Å². The molecule has 0 aliphatic carbocycles. The maximum atomic E-state index is 8.83. The molecular formula is C30H39N2O2S+. The maximum Gasteiger partial charge on any atom is 0.213 e. The zero-order valence-electron chi connectivity index (χ0n) is 21.2. The monoisotopic (exact) mass is 491 g/mol. The molecule has 1 aliphatic rings. The van der Waals surface area contributed by atoms with Crippen molar-refractivity contribution >= 4 is 34.4 Å². The third kappa shape index (κ3) is 6.46. The quantitative estimate of drug-likeness (QED) is 0.216. The first-order chi connectivity index (χ1) is 17.2. The van der Waals surface area contributed by atoms with Gasteiger partial charge >= 0.3 is 0 Å². The molecule has 0 unspecified atom stereocenters. The van der Waals surface area contributed by atoms with Gasteiger partial charge in [-0.15, -0.1) is 0 Å². The molecule has 4 nitrogen and oxygen atoms in total. The van der Waals surface area contributed by atoms with Crippen LogP contribution in [0.5, 0.6) is 0 Å². The molecule has 1 N–H and O–H groups in total. The van der Waals surface area contributed by atoms with Crippen molar-refractivity contribution in [3.05, 3.63) is 70.9 Å². The number of thioether (sulfide) groups is 1. The summed E-state index contributed by atoms with van der Waals surface area (Å²) >= 11 is 1.86. The number of unbranched alkanes of at least 4 members (excludes halogenated alkanes) is 4. The van der Waals surface area contributed by atoms with E-state index in [4.69, 9.17) is 9.84 Å². The van der Waals surface area contributed by atoms with E-state index >= 15 is 0 Å². The van der Waals surface area contributed by atoms with Gasteiger partial charge < -0.3 is 14.7 Å². The van der Waals surface area contributed by atoms with Crippen molar-refractivity contribution in [1.82, 2.24) is 0 Å². The number of nitrogens with zero attached hydrogens (tertiary/aromatic N) is 2. The molecule has 0 radical (unpaired) electrons. The Morgan fingerprint density at radius 1 is 0.971 bits per heavy atom. The van der Waals surface area contributed by atoms with Crippen LogP contribution in [0.2, 0.25) is 0 Å². The van der Waals surface area contributed by atoms with Crippen LogP contribution < -0.4 is 9.47 Å². The third-order valence-electron chi connectivity index (χ3n) is 6.67. The number of ether oxygens (including phenoxy) is 1. The SMILES string of the molecule is CCCCc1cc(C=C2Sc3ccccc3N2C)c2ccccc2[n+]1CCCCCCOCCO. The number of aliphatic hydroxyl groups is 1. The van der Waals surface area contributed by atoms with Crippen LogP contribution in [0.3, 0.4) is 0 Å². The van der Waals surface area contributed by atoms with Gasteiger partial charge in [0.15, 0.2) is 5.69 Å². The highest BCUT2D eigenvalue weighted by molar-refractivity contribution is 8.03. The highest BCUT2D eigenvalue weighted by Crippen LogP contribution is 2.45. The Labute approximate surface area is 214 Å². The summed E-state index contributed by atoms with van der Waals surface area (Å²) in [6.45, 7) is 4.63. The van der Waals surface area contributed by atoms with Crippen LogP contribution in [-0.4, -0.2) is 32.0 Å². The second-order valence-corrected chi connectivity index (χ2v) is 10.3. The summed E-state index contributed by atoms with van der Waals surface area (Å²) in [6, 6.07) is 20.0. The minimum Gasteiger partial charge on any atom is -0.394 e. The number of hydrogen-bond acceptors (Lipinski definition) is 4. The number of benzene rings is 2. The Hall–Kier alpha value is -2.34. The number of aromatic nitrogens is 1. The predicted molar refractivity (Wildman–Crippen MR) is 148 cm³/mol. The number of aliphatic hydroxyl groups excluding tert-OH is 1. The summed E-state index contributed by atoms with van der Waals surface area (Å²) < 4.78 is 7.96. The molecule has 0 bridgehead atoms. The fraction of sp³-hybridized carbons (Fsp3) is 0.433. The standard InChI is InChI=1S/C30H39N2O2S/c1-3-4-13-25-22-24(23-30-31(2)28-16-9-10-17-29(28)35-30)26-14-7-8-15-27(26)32(25)18-11-5-6-12-20-34-21-19-33/h7-10,14-17,22-23,33H,3-6,11-13,18-21H2,1-2H3/q+1. The molecule has 0 saturated carbocycles. The van der Waals surface area contributed by atoms with Crippen molar-refractivity contribution < 1.29 is 14.4 Å². The molecule has 0 amide bonds. The summed E-state index contributed by atoms with van der Waals surface area (Å²) in [4.78, 5) is 3.63. The van der Waals surface area contributed by atoms with Crippen LogP contribution in [0.15, 0.2) is 64.5 Å². The highest BCUT2D eigenvalue weighted by atomic mass is 32.2. The Morgan fingerprint density at radius 2 is 1.77 bits per heavy atom. The number of aryl methyl sites for hydroxylation is 2. The normalized spacial score (nSPS) is 14.3. The second-order valence-electron chi connectivity index (χ2n) is 9.22. The molecule has 186 valence electrons. The molecule has 35 heavy (non-hydrogen) atoms. The molecule has 1 aliphatic heterocycles. The Balaban J connectivity index is 1.57. The molecule has 4 rings (SSSR count). The number of anilines is 1. The summed E-state index contributed by atoms with van der Waals surface area (Å²) in [6.07, 6.45) is 10.5. The van der Waals surface area contributed by atoms with Crippen LogP contribution in [0.25, 0.3) is 17.0 Å². The molecule has 0 spiro atoms. The predicted octanol–water partition coefficient (Wildman–Crippen LogP) is 6.58. The maximum absolute atomic E-state index is 8.83. The Morgan fingerprint density at radius 3 is 2.60 bits per heavy atom. The molecule has 2 heterocycles. The first-order valence-corrected chi connectivity index (χ1v) is 13.9. The second kappa shape index (κ2) is 13.1. The van der Waals surface area contributed by atoms with Gasteiger partial charge in [0.2, 0.25) is 5.52 Å². The molecule has 0 saturated heterocycles. The fourth-order valence-electron chi connectivity index (χ4n) is 4.77. The van der Waals surface area contributed by atoms with Crippen molar-refractivity contribution in [2.75, 3.05) is 31.8 Å². The molecule has 5 heteroatoms. The lowest BCUT2D eigenvalue weighted by Gasteiger charge is -2.15. The van der Waals surface area contributed by atoms with Gasteiger partial charge in [0.05, 0.1) is 29.3 Å². The highest BCUT2D eigenvalue weighted by Gasteiger charge is 2.23. The third-order valence-corrected chi connectivity index (χ3v) is 7.83. The van der Waals surface area contributed by atoms with Crippen LogP contribution in [0.1, 0.15) is 56.7 Å². The molecule has 1 aromatic heterocycles. The summed E-state index contributed by atoms with van der Waals surface area (Å²) in [7, 11) is 2.17. The summed E-state index contributed by atoms with van der Waals surface area (Å²) in [5.41, 5.74) is 5.37. The van der Waals surface area contributed by atoms with E-state index in [1.165, 1.54) is 69.9 Å². The minimum atomic E-state index is 0.110. The first-order valence-electron chi connectivity index (χ1n) is 13.1. The van der Waals surface area contributed by atoms with Gasteiger partial charge in [-0.25, -0.2) is 0 Å². The molecule has 0 fully saturated rings. The largest absolute Gasteiger partial charge is 0.394 e. The van der Waals surface area contributed by atoms with E-state index in [1.807, 2.05) is 11.8 Å². The average molecular weight is 492 g/mol. The fourth-order valence-corrected chi connectivity index (χ4v) is 5.87. The van der Waals surface area contributed by atoms with E-state index in [2.05, 4.69) is 84.1 Å². The van der Waals surface area contributed by atoms with E-state index in [9.17, 15) is 0 Å². The first kappa shape index (κ1) is 25.7. The Bertz CT molecular complexity index is 1140. The lowest BCUT2D eigenvalue weighted by atomic mass is 10.0. The number of fused-ring (bicyclic) bond motifs is 2.